The fourth-order valence-electron chi connectivity index (χ4n) is 10.8. The van der Waals surface area contributed by atoms with Crippen molar-refractivity contribution in [1.82, 2.24) is 0 Å². The highest BCUT2D eigenvalue weighted by Crippen LogP contribution is 2.64. The van der Waals surface area contributed by atoms with Crippen molar-refractivity contribution in [3.8, 4) is 0 Å². The van der Waals surface area contributed by atoms with Crippen molar-refractivity contribution in [2.24, 2.45) is 23.2 Å². The highest BCUT2D eigenvalue weighted by Gasteiger charge is 2.53. The second kappa shape index (κ2) is 9.33. The largest absolute Gasteiger partial charge is 0.0798 e. The Hall–Kier alpha value is -2.34. The summed E-state index contributed by atoms with van der Waals surface area (Å²) in [5.74, 6) is 2.93. The number of benzene rings is 2. The van der Waals surface area contributed by atoms with Crippen molar-refractivity contribution in [2.45, 2.75) is 129 Å². The first-order valence-electron chi connectivity index (χ1n) is 17.5. The first-order chi connectivity index (χ1) is 20.0. The van der Waals surface area contributed by atoms with Gasteiger partial charge in [0.05, 0.1) is 0 Å². The molecule has 2 aromatic carbocycles. The molecule has 0 saturated heterocycles. The molecule has 0 amide bonds. The molecule has 0 aromatic heterocycles. The molecule has 7 aliphatic rings. The van der Waals surface area contributed by atoms with Gasteiger partial charge < -0.3 is 0 Å². The molecular weight excluding hydrogens is 504 g/mol. The van der Waals surface area contributed by atoms with Crippen LogP contribution in [-0.4, -0.2) is 0 Å². The minimum atomic E-state index is 0.0986. The van der Waals surface area contributed by atoms with E-state index in [-0.39, 0.29) is 10.8 Å². The predicted molar refractivity (Wildman–Crippen MR) is 179 cm³/mol. The van der Waals surface area contributed by atoms with Crippen LogP contribution < -0.4 is 10.4 Å². The van der Waals surface area contributed by atoms with Crippen LogP contribution in [0.1, 0.15) is 141 Å². The summed E-state index contributed by atoms with van der Waals surface area (Å²) in [5.41, 5.74) is 12.2. The van der Waals surface area contributed by atoms with E-state index < -0.39 is 0 Å². The lowest BCUT2D eigenvalue weighted by Gasteiger charge is -2.57. The van der Waals surface area contributed by atoms with Gasteiger partial charge in [0.25, 0.3) is 0 Å². The minimum absolute atomic E-state index is 0.0986. The van der Waals surface area contributed by atoms with Gasteiger partial charge in [-0.25, -0.2) is 0 Å². The molecule has 2 aromatic rings. The van der Waals surface area contributed by atoms with Crippen LogP contribution in [-0.2, 0) is 10.8 Å². The summed E-state index contributed by atoms with van der Waals surface area (Å²) in [6, 6.07) is 9.99. The van der Waals surface area contributed by atoms with E-state index in [0.29, 0.717) is 5.41 Å². The maximum Gasteiger partial charge on any atom is -0.00361 e. The molecule has 0 unspecified atom stereocenters. The van der Waals surface area contributed by atoms with Gasteiger partial charge >= 0.3 is 0 Å². The van der Waals surface area contributed by atoms with Gasteiger partial charge in [0, 0.05) is 0 Å². The number of hydrogen-bond acceptors (Lipinski definition) is 0. The van der Waals surface area contributed by atoms with Crippen LogP contribution in [0, 0.1) is 33.6 Å². The monoisotopic (exact) mass is 556 g/mol. The van der Waals surface area contributed by atoms with E-state index in [0.717, 1.165) is 24.2 Å². The lowest BCUT2D eigenvalue weighted by atomic mass is 9.47. The Bertz CT molecular complexity index is 1710. The van der Waals surface area contributed by atoms with Gasteiger partial charge in [-0.05, 0) is 171 Å². The Labute approximate surface area is 254 Å². The van der Waals surface area contributed by atoms with Crippen molar-refractivity contribution in [3.63, 3.8) is 0 Å². The van der Waals surface area contributed by atoms with Crippen molar-refractivity contribution >= 4 is 17.2 Å². The van der Waals surface area contributed by atoms with E-state index in [1.807, 2.05) is 0 Å². The van der Waals surface area contributed by atoms with Crippen LogP contribution in [0.5, 0.6) is 0 Å². The molecule has 5 saturated carbocycles. The SMILES string of the molecule is CC(C)(C)c1ccc2c(c1)=c1cc(C(C)(C)C)c(=C3CCCCC3)c(C3=C(C45CC6CC(CC(C6)C4)C5)C=CC3)c1C=2. The van der Waals surface area contributed by atoms with Crippen LogP contribution in [0.3, 0.4) is 0 Å². The molecule has 0 heterocycles. The first kappa shape index (κ1) is 27.2. The van der Waals surface area contributed by atoms with Gasteiger partial charge in [0.2, 0.25) is 0 Å². The zero-order valence-corrected chi connectivity index (χ0v) is 27.3. The number of allylic oxidation sites excluding steroid dienone is 4. The standard InChI is InChI=1S/C42H52/c1-40(2,3)31-16-15-30-20-35-34(33(30)21-31)22-37(41(4,5)6)38(29-11-8-7-9-12-29)39(35)32-13-10-14-36(32)42-23-26-17-27(24-42)19-28(18-26)25-42/h10,14-16,20-22,26-28H,7-9,11-13,17-19,23-25H2,1-6H3. The van der Waals surface area contributed by atoms with E-state index >= 15 is 0 Å². The van der Waals surface area contributed by atoms with E-state index in [4.69, 9.17) is 0 Å². The number of rotatable bonds is 2. The topological polar surface area (TPSA) is 0 Å². The summed E-state index contributed by atoms with van der Waals surface area (Å²) >= 11 is 0. The van der Waals surface area contributed by atoms with Gasteiger partial charge in [-0.2, -0.15) is 0 Å². The second-order valence-electron chi connectivity index (χ2n) is 17.4. The summed E-state index contributed by atoms with van der Waals surface area (Å²) in [5, 5.41) is 6.06. The van der Waals surface area contributed by atoms with Gasteiger partial charge in [0.1, 0.15) is 0 Å². The maximum absolute atomic E-state index is 2.65. The third-order valence-corrected chi connectivity index (χ3v) is 12.3. The molecule has 0 spiro atoms. The summed E-state index contributed by atoms with van der Waals surface area (Å²) < 4.78 is 0. The Balaban J connectivity index is 1.49. The first-order valence-corrected chi connectivity index (χ1v) is 17.5. The minimum Gasteiger partial charge on any atom is -0.0798 e. The zero-order valence-electron chi connectivity index (χ0n) is 27.3. The summed E-state index contributed by atoms with van der Waals surface area (Å²) in [6.45, 7) is 14.5. The van der Waals surface area contributed by atoms with Gasteiger partial charge in [0.15, 0.2) is 0 Å². The molecule has 0 heteroatoms. The summed E-state index contributed by atoms with van der Waals surface area (Å²) in [4.78, 5) is 0. The molecule has 42 heavy (non-hydrogen) atoms. The van der Waals surface area contributed by atoms with Crippen LogP contribution in [0.15, 0.2) is 42.0 Å². The molecular formula is C42H52. The third kappa shape index (κ3) is 4.21. The Morgan fingerprint density at radius 3 is 2.02 bits per heavy atom. The Morgan fingerprint density at radius 1 is 0.738 bits per heavy atom. The Kier molecular flexibility index (Phi) is 6.05. The summed E-state index contributed by atoms with van der Waals surface area (Å²) in [6.07, 6.45) is 24.5. The van der Waals surface area contributed by atoms with Gasteiger partial charge in [-0.1, -0.05) is 83.9 Å². The molecule has 220 valence electrons. The molecule has 0 nitrogen and oxygen atoms in total. The molecule has 0 radical (unpaired) electrons. The molecule has 4 bridgehead atoms. The number of fused-ring (bicyclic) bond motifs is 2. The van der Waals surface area contributed by atoms with Crippen LogP contribution >= 0.6 is 0 Å². The normalized spacial score (nSPS) is 29.8. The zero-order chi connectivity index (χ0) is 29.0. The fourth-order valence-corrected chi connectivity index (χ4v) is 10.8. The van der Waals surface area contributed by atoms with Crippen molar-refractivity contribution in [1.29, 1.82) is 0 Å². The van der Waals surface area contributed by atoms with E-state index in [1.165, 1.54) is 97.4 Å². The summed E-state index contributed by atoms with van der Waals surface area (Å²) in [7, 11) is 0. The predicted octanol–water partition coefficient (Wildman–Crippen LogP) is 9.76. The quantitative estimate of drug-likeness (QED) is 0.295. The average molecular weight is 557 g/mol. The van der Waals surface area contributed by atoms with Crippen molar-refractivity contribution < 1.29 is 0 Å². The van der Waals surface area contributed by atoms with Crippen LogP contribution in [0.25, 0.3) is 17.2 Å². The highest BCUT2D eigenvalue weighted by molar-refractivity contribution is 5.84. The number of hydrogen-bond donors (Lipinski definition) is 0. The van der Waals surface area contributed by atoms with Crippen LogP contribution in [0.4, 0.5) is 0 Å². The van der Waals surface area contributed by atoms with E-state index in [1.54, 1.807) is 33.1 Å². The third-order valence-electron chi connectivity index (χ3n) is 12.3. The second-order valence-corrected chi connectivity index (χ2v) is 17.4. The molecule has 0 N–H and O–H groups in total. The van der Waals surface area contributed by atoms with E-state index in [9.17, 15) is 0 Å². The highest BCUT2D eigenvalue weighted by atomic mass is 14.6. The maximum atomic E-state index is 2.65. The average Bonchev–Trinajstić information content (AvgIpc) is 3.56. The van der Waals surface area contributed by atoms with Crippen molar-refractivity contribution in [2.75, 3.05) is 0 Å². The molecule has 5 fully saturated rings. The van der Waals surface area contributed by atoms with Gasteiger partial charge in [-0.15, -0.1) is 0 Å². The molecule has 7 aliphatic carbocycles. The smallest absolute Gasteiger partial charge is 0.00361 e. The lowest BCUT2D eigenvalue weighted by molar-refractivity contribution is -0.0281. The van der Waals surface area contributed by atoms with Gasteiger partial charge in [-0.3, -0.25) is 0 Å². The molecule has 0 aliphatic heterocycles. The van der Waals surface area contributed by atoms with Crippen LogP contribution in [0.2, 0.25) is 0 Å². The fraction of sp³-hybridized carbons (Fsp3) is 0.571. The molecule has 0 atom stereocenters. The van der Waals surface area contributed by atoms with Crippen molar-refractivity contribution in [3.05, 3.63) is 85.1 Å². The Morgan fingerprint density at radius 2 is 1.40 bits per heavy atom. The van der Waals surface area contributed by atoms with E-state index in [2.05, 4.69) is 84.0 Å². The lowest BCUT2D eigenvalue weighted by Crippen LogP contribution is -2.46. The molecule has 9 rings (SSSR count).